The minimum absolute atomic E-state index is 0.157. The van der Waals surface area contributed by atoms with E-state index in [2.05, 4.69) is 39.0 Å². The predicted octanol–water partition coefficient (Wildman–Crippen LogP) is 9.89. The maximum absolute atomic E-state index is 11.9. The number of hydrogen-bond donors (Lipinski definition) is 2. The highest BCUT2D eigenvalue weighted by Gasteiger charge is 2.12. The fraction of sp³-hybridized carbons (Fsp3) is 0.744. The molecule has 0 heterocycles. The van der Waals surface area contributed by atoms with Crippen LogP contribution in [0.5, 0.6) is 0 Å². The van der Waals surface area contributed by atoms with Crippen LogP contribution in [0, 0.1) is 5.92 Å². The standard InChI is InChI=1S/C39H68O6/c1-4-5-6-7-8-11-15-19-24-29-36(40)30-25-20-17-22-27-32-39(43)45-34-37(41)33-44-38(42)31-26-21-16-13-10-9-12-14-18-23-28-35(2)3/h8,11,17,19-20,24-25,30,35-37,40-41H,4-7,9-10,12-16,18,21-23,26-29,31-34H2,1-3H3/b11-8-,20-17+,24-19-,30-25-/t36?,37-/m1/s1. The van der Waals surface area contributed by atoms with E-state index in [4.69, 9.17) is 9.47 Å². The van der Waals surface area contributed by atoms with Gasteiger partial charge in [-0.25, -0.2) is 0 Å². The van der Waals surface area contributed by atoms with Crippen LogP contribution in [0.4, 0.5) is 0 Å². The monoisotopic (exact) mass is 633 g/mol. The molecular weight excluding hydrogens is 564 g/mol. The highest BCUT2D eigenvalue weighted by molar-refractivity contribution is 5.69. The summed E-state index contributed by atoms with van der Waals surface area (Å²) < 4.78 is 10.2. The van der Waals surface area contributed by atoms with Crippen molar-refractivity contribution >= 4 is 11.9 Å². The number of aliphatic hydroxyl groups is 2. The number of rotatable bonds is 31. The molecule has 2 N–H and O–H groups in total. The van der Waals surface area contributed by atoms with Crippen LogP contribution in [0.2, 0.25) is 0 Å². The molecule has 0 aliphatic rings. The lowest BCUT2D eigenvalue weighted by Gasteiger charge is -2.12. The van der Waals surface area contributed by atoms with Gasteiger partial charge in [-0.05, 0) is 50.9 Å². The number of ether oxygens (including phenoxy) is 2. The van der Waals surface area contributed by atoms with E-state index in [1.807, 2.05) is 24.3 Å². The number of esters is 2. The SMILES string of the molecule is CCCCC/C=C\C/C=C\CC(O)/C=C\C=C\CCCC(=O)OC[C@H](O)COC(=O)CCCCCCCCCCCCC(C)C. The summed E-state index contributed by atoms with van der Waals surface area (Å²) in [4.78, 5) is 23.8. The quantitative estimate of drug-likeness (QED) is 0.0342. The van der Waals surface area contributed by atoms with Gasteiger partial charge in [-0.2, -0.15) is 0 Å². The van der Waals surface area contributed by atoms with Gasteiger partial charge in [0, 0.05) is 12.8 Å². The van der Waals surface area contributed by atoms with Gasteiger partial charge in [0.05, 0.1) is 6.10 Å². The molecule has 1 unspecified atom stereocenters. The Bertz CT molecular complexity index is 797. The molecule has 0 bridgehead atoms. The number of allylic oxidation sites excluding steroid dienone is 6. The van der Waals surface area contributed by atoms with Crippen molar-refractivity contribution in [2.75, 3.05) is 13.2 Å². The molecule has 0 aromatic carbocycles. The maximum Gasteiger partial charge on any atom is 0.305 e. The summed E-state index contributed by atoms with van der Waals surface area (Å²) in [5.41, 5.74) is 0. The molecule has 0 aromatic rings. The van der Waals surface area contributed by atoms with Gasteiger partial charge in [0.2, 0.25) is 0 Å². The minimum atomic E-state index is -1.01. The largest absolute Gasteiger partial charge is 0.463 e. The number of carbonyl (C=O) groups excluding carboxylic acids is 2. The number of aliphatic hydroxyl groups excluding tert-OH is 2. The lowest BCUT2D eigenvalue weighted by Crippen LogP contribution is -2.25. The van der Waals surface area contributed by atoms with Crippen LogP contribution in [0.25, 0.3) is 0 Å². The first-order valence-corrected chi connectivity index (χ1v) is 18.2. The van der Waals surface area contributed by atoms with Crippen molar-refractivity contribution < 1.29 is 29.3 Å². The van der Waals surface area contributed by atoms with Crippen LogP contribution in [0.1, 0.15) is 156 Å². The highest BCUT2D eigenvalue weighted by Crippen LogP contribution is 2.14. The summed E-state index contributed by atoms with van der Waals surface area (Å²) in [5, 5.41) is 20.0. The normalized spacial score (nSPS) is 13.6. The van der Waals surface area contributed by atoms with E-state index in [-0.39, 0.29) is 31.6 Å². The zero-order chi connectivity index (χ0) is 33.2. The molecule has 45 heavy (non-hydrogen) atoms. The van der Waals surface area contributed by atoms with Gasteiger partial charge in [-0.15, -0.1) is 0 Å². The summed E-state index contributed by atoms with van der Waals surface area (Å²) in [6.45, 7) is 6.45. The van der Waals surface area contributed by atoms with E-state index < -0.39 is 12.2 Å². The Kier molecular flexibility index (Phi) is 31.6. The van der Waals surface area contributed by atoms with E-state index in [0.29, 0.717) is 25.7 Å². The molecule has 0 saturated heterocycles. The van der Waals surface area contributed by atoms with Crippen molar-refractivity contribution in [3.8, 4) is 0 Å². The third-order valence-electron chi connectivity index (χ3n) is 7.58. The highest BCUT2D eigenvalue weighted by atomic mass is 16.6. The Morgan fingerprint density at radius 2 is 1.18 bits per heavy atom. The molecule has 0 fully saturated rings. The molecule has 0 amide bonds. The van der Waals surface area contributed by atoms with Gasteiger partial charge in [0.1, 0.15) is 19.3 Å². The van der Waals surface area contributed by atoms with E-state index in [9.17, 15) is 19.8 Å². The fourth-order valence-electron chi connectivity index (χ4n) is 4.75. The summed E-state index contributed by atoms with van der Waals surface area (Å²) in [7, 11) is 0. The van der Waals surface area contributed by atoms with Gasteiger partial charge in [0.15, 0.2) is 0 Å². The van der Waals surface area contributed by atoms with Crippen LogP contribution in [0.15, 0.2) is 48.6 Å². The Morgan fingerprint density at radius 1 is 0.622 bits per heavy atom. The van der Waals surface area contributed by atoms with Crippen LogP contribution in [-0.2, 0) is 19.1 Å². The molecule has 0 aliphatic heterocycles. The van der Waals surface area contributed by atoms with Crippen molar-refractivity contribution in [3.05, 3.63) is 48.6 Å². The van der Waals surface area contributed by atoms with E-state index in [1.165, 1.54) is 70.6 Å². The van der Waals surface area contributed by atoms with Crippen molar-refractivity contribution in [1.29, 1.82) is 0 Å². The molecule has 6 nitrogen and oxygen atoms in total. The van der Waals surface area contributed by atoms with Crippen molar-refractivity contribution in [3.63, 3.8) is 0 Å². The second kappa shape index (κ2) is 33.2. The van der Waals surface area contributed by atoms with Crippen molar-refractivity contribution in [1.82, 2.24) is 0 Å². The Morgan fingerprint density at radius 3 is 1.80 bits per heavy atom. The molecule has 2 atom stereocenters. The first-order valence-electron chi connectivity index (χ1n) is 18.2. The fourth-order valence-corrected chi connectivity index (χ4v) is 4.75. The molecule has 0 aromatic heterocycles. The Hall–Kier alpha value is -2.18. The third-order valence-corrected chi connectivity index (χ3v) is 7.58. The lowest BCUT2D eigenvalue weighted by molar-refractivity contribution is -0.152. The number of hydrogen-bond acceptors (Lipinski definition) is 6. The molecule has 260 valence electrons. The lowest BCUT2D eigenvalue weighted by atomic mass is 10.0. The third kappa shape index (κ3) is 34.5. The van der Waals surface area contributed by atoms with Gasteiger partial charge >= 0.3 is 11.9 Å². The van der Waals surface area contributed by atoms with Crippen LogP contribution < -0.4 is 0 Å². The van der Waals surface area contributed by atoms with Crippen molar-refractivity contribution in [2.24, 2.45) is 5.92 Å². The van der Waals surface area contributed by atoms with Crippen molar-refractivity contribution in [2.45, 2.75) is 168 Å². The second-order valence-corrected chi connectivity index (χ2v) is 12.7. The molecular formula is C39H68O6. The number of unbranched alkanes of at least 4 members (excludes halogenated alkanes) is 13. The zero-order valence-corrected chi connectivity index (χ0v) is 29.1. The van der Waals surface area contributed by atoms with E-state index in [1.54, 1.807) is 6.08 Å². The zero-order valence-electron chi connectivity index (χ0n) is 29.1. The van der Waals surface area contributed by atoms with E-state index in [0.717, 1.165) is 38.0 Å². The van der Waals surface area contributed by atoms with Crippen LogP contribution in [0.3, 0.4) is 0 Å². The minimum Gasteiger partial charge on any atom is -0.463 e. The van der Waals surface area contributed by atoms with E-state index >= 15 is 0 Å². The summed E-state index contributed by atoms with van der Waals surface area (Å²) in [6.07, 6.45) is 36.2. The average molecular weight is 633 g/mol. The molecule has 0 rings (SSSR count). The Labute approximate surface area is 276 Å². The topological polar surface area (TPSA) is 93.1 Å². The molecule has 0 aliphatic carbocycles. The molecule has 6 heteroatoms. The van der Waals surface area contributed by atoms with Gasteiger partial charge in [0.25, 0.3) is 0 Å². The summed E-state index contributed by atoms with van der Waals surface area (Å²) >= 11 is 0. The summed E-state index contributed by atoms with van der Waals surface area (Å²) in [6, 6.07) is 0. The van der Waals surface area contributed by atoms with Gasteiger partial charge in [-0.3, -0.25) is 9.59 Å². The molecule has 0 spiro atoms. The summed E-state index contributed by atoms with van der Waals surface area (Å²) in [5.74, 6) is 0.125. The first-order chi connectivity index (χ1) is 21.8. The first kappa shape index (κ1) is 42.8. The average Bonchev–Trinajstić information content (AvgIpc) is 3.01. The van der Waals surface area contributed by atoms with Crippen LogP contribution >= 0.6 is 0 Å². The molecule has 0 radical (unpaired) electrons. The smallest absolute Gasteiger partial charge is 0.305 e. The number of carbonyl (C=O) groups is 2. The predicted molar refractivity (Wildman–Crippen MR) is 188 cm³/mol. The molecule has 0 saturated carbocycles. The van der Waals surface area contributed by atoms with Crippen LogP contribution in [-0.4, -0.2) is 47.6 Å². The Balaban J connectivity index is 3.66. The van der Waals surface area contributed by atoms with Gasteiger partial charge < -0.3 is 19.7 Å². The van der Waals surface area contributed by atoms with Gasteiger partial charge in [-0.1, -0.05) is 146 Å². The maximum atomic E-state index is 11.9. The second-order valence-electron chi connectivity index (χ2n) is 12.7.